The zero-order valence-corrected chi connectivity index (χ0v) is 11.7. The van der Waals surface area contributed by atoms with Crippen LogP contribution < -0.4 is 10.6 Å². The number of nitro benzene ring substituents is 1. The van der Waals surface area contributed by atoms with Gasteiger partial charge < -0.3 is 10.6 Å². The maximum atomic E-state index is 12.0. The molecular formula is C14H19N3O3. The molecule has 0 spiro atoms. The highest BCUT2D eigenvalue weighted by Crippen LogP contribution is 2.23. The molecule has 108 valence electrons. The highest BCUT2D eigenvalue weighted by molar-refractivity contribution is 5.82. The van der Waals surface area contributed by atoms with Gasteiger partial charge >= 0.3 is 0 Å². The summed E-state index contributed by atoms with van der Waals surface area (Å²) in [5.41, 5.74) is 1.45. The van der Waals surface area contributed by atoms with Crippen molar-refractivity contribution < 1.29 is 9.72 Å². The van der Waals surface area contributed by atoms with Gasteiger partial charge in [-0.15, -0.1) is 0 Å². The van der Waals surface area contributed by atoms with Crippen molar-refractivity contribution in [2.75, 3.05) is 6.54 Å². The second-order valence-corrected chi connectivity index (χ2v) is 5.18. The third-order valence-corrected chi connectivity index (χ3v) is 3.67. The molecule has 0 aliphatic carbocycles. The zero-order chi connectivity index (χ0) is 14.7. The number of aryl methyl sites for hydroxylation is 1. The minimum absolute atomic E-state index is 0.0433. The first-order valence-electron chi connectivity index (χ1n) is 6.77. The van der Waals surface area contributed by atoms with Crippen molar-refractivity contribution in [2.45, 2.75) is 38.8 Å². The lowest BCUT2D eigenvalue weighted by atomic mass is 10.0. The first-order valence-corrected chi connectivity index (χ1v) is 6.77. The van der Waals surface area contributed by atoms with E-state index in [0.717, 1.165) is 24.9 Å². The molecule has 0 saturated carbocycles. The minimum Gasteiger partial charge on any atom is -0.348 e. The summed E-state index contributed by atoms with van der Waals surface area (Å²) in [4.78, 5) is 22.5. The molecule has 2 unspecified atom stereocenters. The summed E-state index contributed by atoms with van der Waals surface area (Å²) >= 11 is 0. The Hall–Kier alpha value is -1.95. The number of nitrogens with one attached hydrogen (secondary N) is 2. The van der Waals surface area contributed by atoms with E-state index in [9.17, 15) is 14.9 Å². The number of rotatable bonds is 4. The van der Waals surface area contributed by atoms with E-state index in [1.165, 1.54) is 6.07 Å². The van der Waals surface area contributed by atoms with Gasteiger partial charge in [0.1, 0.15) is 0 Å². The third-order valence-electron chi connectivity index (χ3n) is 3.67. The smallest absolute Gasteiger partial charge is 0.272 e. The molecule has 1 amide bonds. The molecule has 1 aliphatic rings. The van der Waals surface area contributed by atoms with E-state index >= 15 is 0 Å². The number of benzene rings is 1. The second kappa shape index (κ2) is 6.00. The lowest BCUT2D eigenvalue weighted by Crippen LogP contribution is -2.41. The van der Waals surface area contributed by atoms with E-state index in [1.54, 1.807) is 13.0 Å². The van der Waals surface area contributed by atoms with Gasteiger partial charge in [0.15, 0.2) is 0 Å². The summed E-state index contributed by atoms with van der Waals surface area (Å²) < 4.78 is 0. The van der Waals surface area contributed by atoms with Gasteiger partial charge in [-0.05, 0) is 38.8 Å². The number of carbonyl (C=O) groups is 1. The molecule has 2 N–H and O–H groups in total. The van der Waals surface area contributed by atoms with Crippen molar-refractivity contribution in [1.82, 2.24) is 10.6 Å². The number of nitrogens with zero attached hydrogens (tertiary/aromatic N) is 1. The molecule has 0 bridgehead atoms. The molecule has 1 heterocycles. The largest absolute Gasteiger partial charge is 0.348 e. The van der Waals surface area contributed by atoms with E-state index in [2.05, 4.69) is 10.6 Å². The number of hydrogen-bond donors (Lipinski definition) is 2. The maximum Gasteiger partial charge on any atom is 0.272 e. The van der Waals surface area contributed by atoms with Crippen LogP contribution in [-0.2, 0) is 4.79 Å². The van der Waals surface area contributed by atoms with Crippen LogP contribution >= 0.6 is 0 Å². The van der Waals surface area contributed by atoms with Crippen LogP contribution in [0.3, 0.4) is 0 Å². The molecule has 1 saturated heterocycles. The van der Waals surface area contributed by atoms with E-state index in [-0.39, 0.29) is 23.7 Å². The summed E-state index contributed by atoms with van der Waals surface area (Å²) in [6.07, 6.45) is 1.84. The minimum atomic E-state index is -0.397. The summed E-state index contributed by atoms with van der Waals surface area (Å²) in [6.45, 7) is 4.40. The Balaban J connectivity index is 2.08. The lowest BCUT2D eigenvalue weighted by Gasteiger charge is -2.17. The SMILES string of the molecule is Cc1ccc(C(C)NC(=O)C2CCCN2)cc1[N+](=O)[O-]. The van der Waals surface area contributed by atoms with Gasteiger partial charge in [0.2, 0.25) is 5.91 Å². The summed E-state index contributed by atoms with van der Waals surface area (Å²) in [5, 5.41) is 17.0. The molecule has 20 heavy (non-hydrogen) atoms. The van der Waals surface area contributed by atoms with Gasteiger partial charge in [0, 0.05) is 11.6 Å². The van der Waals surface area contributed by atoms with E-state index in [0.29, 0.717) is 5.56 Å². The van der Waals surface area contributed by atoms with Crippen LogP contribution in [0.15, 0.2) is 18.2 Å². The summed E-state index contributed by atoms with van der Waals surface area (Å²) in [7, 11) is 0. The first-order chi connectivity index (χ1) is 9.49. The van der Waals surface area contributed by atoms with Crippen LogP contribution in [0, 0.1) is 17.0 Å². The standard InChI is InChI=1S/C14H19N3O3/c1-9-5-6-11(8-13(9)17(19)20)10(2)16-14(18)12-4-3-7-15-12/h5-6,8,10,12,15H,3-4,7H2,1-2H3,(H,16,18). The number of amides is 1. The highest BCUT2D eigenvalue weighted by Gasteiger charge is 2.24. The van der Waals surface area contributed by atoms with Crippen LogP contribution in [0.2, 0.25) is 0 Å². The highest BCUT2D eigenvalue weighted by atomic mass is 16.6. The lowest BCUT2D eigenvalue weighted by molar-refractivity contribution is -0.385. The molecule has 6 heteroatoms. The molecule has 2 rings (SSSR count). The molecule has 1 aromatic rings. The molecule has 0 radical (unpaired) electrons. The van der Waals surface area contributed by atoms with Gasteiger partial charge in [0.25, 0.3) is 5.69 Å². The van der Waals surface area contributed by atoms with Crippen LogP contribution in [0.5, 0.6) is 0 Å². The average molecular weight is 277 g/mol. The van der Waals surface area contributed by atoms with Crippen molar-refractivity contribution >= 4 is 11.6 Å². The summed E-state index contributed by atoms with van der Waals surface area (Å²) in [6, 6.07) is 4.67. The third kappa shape index (κ3) is 3.14. The monoisotopic (exact) mass is 277 g/mol. The summed E-state index contributed by atoms with van der Waals surface area (Å²) in [5.74, 6) is -0.0433. The Morgan fingerprint density at radius 1 is 1.55 bits per heavy atom. The van der Waals surface area contributed by atoms with Gasteiger partial charge in [-0.2, -0.15) is 0 Å². The van der Waals surface area contributed by atoms with Gasteiger partial charge in [-0.25, -0.2) is 0 Å². The molecule has 0 aromatic heterocycles. The Labute approximate surface area is 117 Å². The van der Waals surface area contributed by atoms with E-state index in [4.69, 9.17) is 0 Å². The van der Waals surface area contributed by atoms with Crippen LogP contribution in [-0.4, -0.2) is 23.4 Å². The fraction of sp³-hybridized carbons (Fsp3) is 0.500. The molecule has 1 fully saturated rings. The Kier molecular flexibility index (Phi) is 4.34. The van der Waals surface area contributed by atoms with Crippen molar-refractivity contribution in [3.63, 3.8) is 0 Å². The first kappa shape index (κ1) is 14.5. The number of hydrogen-bond acceptors (Lipinski definition) is 4. The molecule has 6 nitrogen and oxygen atoms in total. The molecule has 1 aliphatic heterocycles. The van der Waals surface area contributed by atoms with Crippen molar-refractivity contribution in [1.29, 1.82) is 0 Å². The maximum absolute atomic E-state index is 12.0. The number of carbonyl (C=O) groups excluding carboxylic acids is 1. The van der Waals surface area contributed by atoms with Crippen molar-refractivity contribution in [2.24, 2.45) is 0 Å². The van der Waals surface area contributed by atoms with Gasteiger partial charge in [-0.1, -0.05) is 12.1 Å². The normalized spacial score (nSPS) is 19.6. The molecule has 1 aromatic carbocycles. The predicted molar refractivity (Wildman–Crippen MR) is 75.4 cm³/mol. The Bertz CT molecular complexity index is 524. The zero-order valence-electron chi connectivity index (χ0n) is 11.7. The molecule has 2 atom stereocenters. The average Bonchev–Trinajstić information content (AvgIpc) is 2.92. The number of nitro groups is 1. The van der Waals surface area contributed by atoms with Gasteiger partial charge in [0.05, 0.1) is 17.0 Å². The van der Waals surface area contributed by atoms with Crippen molar-refractivity contribution in [3.8, 4) is 0 Å². The topological polar surface area (TPSA) is 84.3 Å². The quantitative estimate of drug-likeness (QED) is 0.649. The van der Waals surface area contributed by atoms with Crippen LogP contribution in [0.4, 0.5) is 5.69 Å². The van der Waals surface area contributed by atoms with E-state index < -0.39 is 4.92 Å². The second-order valence-electron chi connectivity index (χ2n) is 5.18. The van der Waals surface area contributed by atoms with Crippen LogP contribution in [0.25, 0.3) is 0 Å². The Morgan fingerprint density at radius 2 is 2.30 bits per heavy atom. The van der Waals surface area contributed by atoms with E-state index in [1.807, 2.05) is 13.0 Å². The van der Waals surface area contributed by atoms with Crippen LogP contribution in [0.1, 0.15) is 36.9 Å². The molecular weight excluding hydrogens is 258 g/mol. The van der Waals surface area contributed by atoms with Gasteiger partial charge in [-0.3, -0.25) is 14.9 Å². The fourth-order valence-electron chi connectivity index (χ4n) is 2.40. The Morgan fingerprint density at radius 3 is 2.90 bits per heavy atom. The fourth-order valence-corrected chi connectivity index (χ4v) is 2.40. The predicted octanol–water partition coefficient (Wildman–Crippen LogP) is 1.83. The van der Waals surface area contributed by atoms with Crippen molar-refractivity contribution in [3.05, 3.63) is 39.4 Å².